The largest absolute Gasteiger partial charge is 0.495 e. The van der Waals surface area contributed by atoms with Crippen molar-refractivity contribution >= 4 is 34.0 Å². The van der Waals surface area contributed by atoms with Crippen molar-refractivity contribution in [2.75, 3.05) is 26.1 Å². The summed E-state index contributed by atoms with van der Waals surface area (Å²) in [5, 5.41) is 6.76. The van der Waals surface area contributed by atoms with E-state index in [-0.39, 0.29) is 5.97 Å². The van der Waals surface area contributed by atoms with Crippen molar-refractivity contribution in [1.82, 2.24) is 4.98 Å². The Bertz CT molecular complexity index is 676. The lowest BCUT2D eigenvalue weighted by atomic mass is 10.2. The summed E-state index contributed by atoms with van der Waals surface area (Å²) in [6.07, 6.45) is 3.30. The van der Waals surface area contributed by atoms with Gasteiger partial charge in [-0.25, -0.2) is 4.98 Å². The minimum atomic E-state index is -0.148. The van der Waals surface area contributed by atoms with Crippen molar-refractivity contribution < 1.29 is 14.3 Å². The summed E-state index contributed by atoms with van der Waals surface area (Å²) in [6, 6.07) is 5.63. The van der Waals surface area contributed by atoms with Crippen LogP contribution in [0.25, 0.3) is 11.3 Å². The topological polar surface area (TPSA) is 60.5 Å². The highest BCUT2D eigenvalue weighted by atomic mass is 35.5. The lowest BCUT2D eigenvalue weighted by Gasteiger charge is -2.04. The van der Waals surface area contributed by atoms with Crippen LogP contribution in [0.4, 0.5) is 5.13 Å². The minimum absolute atomic E-state index is 0.148. The summed E-state index contributed by atoms with van der Waals surface area (Å²) in [4.78, 5) is 15.6. The van der Waals surface area contributed by atoms with Crippen molar-refractivity contribution in [2.24, 2.45) is 0 Å². The number of aromatic nitrogens is 1. The van der Waals surface area contributed by atoms with E-state index in [2.05, 4.69) is 15.0 Å². The number of benzene rings is 1. The number of carbonyl (C=O) groups excluding carboxylic acids is 1. The molecule has 0 fully saturated rings. The highest BCUT2D eigenvalue weighted by molar-refractivity contribution is 7.14. The third-order valence-corrected chi connectivity index (χ3v) is 4.61. The molecule has 130 valence electrons. The van der Waals surface area contributed by atoms with E-state index in [9.17, 15) is 4.79 Å². The molecule has 0 saturated heterocycles. The monoisotopic (exact) mass is 368 g/mol. The number of nitrogens with zero attached hydrogens (tertiary/aromatic N) is 1. The molecule has 1 N–H and O–H groups in total. The van der Waals surface area contributed by atoms with Gasteiger partial charge in [-0.15, -0.1) is 11.3 Å². The molecule has 0 aliphatic carbocycles. The molecule has 2 aromatic rings. The van der Waals surface area contributed by atoms with Crippen molar-refractivity contribution in [3.8, 4) is 17.0 Å². The maximum Gasteiger partial charge on any atom is 0.305 e. The lowest BCUT2D eigenvalue weighted by molar-refractivity contribution is -0.140. The van der Waals surface area contributed by atoms with Gasteiger partial charge in [-0.05, 0) is 31.0 Å². The first-order chi connectivity index (χ1) is 11.6. The number of hydrogen-bond acceptors (Lipinski definition) is 6. The van der Waals surface area contributed by atoms with Crippen LogP contribution in [0.3, 0.4) is 0 Å². The number of esters is 1. The summed E-state index contributed by atoms with van der Waals surface area (Å²) >= 11 is 7.71. The fourth-order valence-corrected chi connectivity index (χ4v) is 3.19. The zero-order valence-corrected chi connectivity index (χ0v) is 15.4. The van der Waals surface area contributed by atoms with Crippen molar-refractivity contribution in [2.45, 2.75) is 25.7 Å². The van der Waals surface area contributed by atoms with E-state index in [1.54, 1.807) is 18.4 Å². The van der Waals surface area contributed by atoms with Gasteiger partial charge in [-0.3, -0.25) is 4.79 Å². The van der Waals surface area contributed by atoms with Crippen LogP contribution in [0, 0.1) is 0 Å². The highest BCUT2D eigenvalue weighted by Crippen LogP contribution is 2.31. The standard InChI is InChI=1S/C17H21ClN2O3S/c1-22-15-8-7-12(10-13(15)18)14-11-24-17(20-14)19-9-5-3-4-6-16(21)23-2/h7-8,10-11H,3-6,9H2,1-2H3,(H,19,20). The zero-order valence-electron chi connectivity index (χ0n) is 13.8. The first-order valence-electron chi connectivity index (χ1n) is 7.74. The number of hydrogen-bond donors (Lipinski definition) is 1. The SMILES string of the molecule is COC(=O)CCCCCNc1nc(-c2ccc(OC)c(Cl)c2)cs1. The fraction of sp³-hybridized carbons (Fsp3) is 0.412. The van der Waals surface area contributed by atoms with Gasteiger partial charge < -0.3 is 14.8 Å². The van der Waals surface area contributed by atoms with Crippen LogP contribution in [0.5, 0.6) is 5.75 Å². The second-order valence-corrected chi connectivity index (χ2v) is 6.47. The maximum atomic E-state index is 11.0. The summed E-state index contributed by atoms with van der Waals surface area (Å²) in [5.41, 5.74) is 1.85. The molecule has 1 aromatic carbocycles. The van der Waals surface area contributed by atoms with E-state index >= 15 is 0 Å². The second-order valence-electron chi connectivity index (χ2n) is 5.20. The molecule has 1 heterocycles. The van der Waals surface area contributed by atoms with Gasteiger partial charge in [0.15, 0.2) is 5.13 Å². The number of halogens is 1. The molecule has 0 radical (unpaired) electrons. The third-order valence-electron chi connectivity index (χ3n) is 3.51. The Morgan fingerprint density at radius 2 is 2.12 bits per heavy atom. The summed E-state index contributed by atoms with van der Waals surface area (Å²) in [7, 11) is 3.01. The van der Waals surface area contributed by atoms with Gasteiger partial charge in [0.05, 0.1) is 24.9 Å². The molecule has 0 aliphatic heterocycles. The molecule has 0 unspecified atom stereocenters. The average Bonchev–Trinajstić information content (AvgIpc) is 3.06. The third kappa shape index (κ3) is 5.39. The van der Waals surface area contributed by atoms with Gasteiger partial charge in [0, 0.05) is 23.9 Å². The van der Waals surface area contributed by atoms with E-state index < -0.39 is 0 Å². The molecule has 0 saturated carbocycles. The van der Waals surface area contributed by atoms with Gasteiger partial charge in [-0.2, -0.15) is 0 Å². The molecule has 24 heavy (non-hydrogen) atoms. The van der Waals surface area contributed by atoms with E-state index in [4.69, 9.17) is 16.3 Å². The molecule has 7 heteroatoms. The minimum Gasteiger partial charge on any atom is -0.495 e. The molecule has 1 aromatic heterocycles. The Labute approximate surface area is 151 Å². The predicted molar refractivity (Wildman–Crippen MR) is 98.1 cm³/mol. The Kier molecular flexibility index (Phi) is 7.34. The number of nitrogens with one attached hydrogen (secondary N) is 1. The van der Waals surface area contributed by atoms with E-state index in [1.807, 2.05) is 23.6 Å². The van der Waals surface area contributed by atoms with Gasteiger partial charge in [0.1, 0.15) is 5.75 Å². The second kappa shape index (κ2) is 9.49. The van der Waals surface area contributed by atoms with E-state index in [1.165, 1.54) is 7.11 Å². The number of ether oxygens (including phenoxy) is 2. The molecular weight excluding hydrogens is 348 g/mol. The maximum absolute atomic E-state index is 11.0. The number of thiazole rings is 1. The average molecular weight is 369 g/mol. The summed E-state index contributed by atoms with van der Waals surface area (Å²) in [5.74, 6) is 0.506. The predicted octanol–water partition coefficient (Wildman–Crippen LogP) is 4.62. The van der Waals surface area contributed by atoms with Crippen molar-refractivity contribution in [1.29, 1.82) is 0 Å². The first-order valence-corrected chi connectivity index (χ1v) is 9.00. The zero-order chi connectivity index (χ0) is 17.4. The van der Waals surface area contributed by atoms with Crippen molar-refractivity contribution in [3.05, 3.63) is 28.6 Å². The van der Waals surface area contributed by atoms with E-state index in [0.717, 1.165) is 42.2 Å². The normalized spacial score (nSPS) is 10.5. The smallest absolute Gasteiger partial charge is 0.305 e. The van der Waals surface area contributed by atoms with Crippen LogP contribution in [-0.2, 0) is 9.53 Å². The summed E-state index contributed by atoms with van der Waals surface area (Å²) < 4.78 is 9.77. The quantitative estimate of drug-likeness (QED) is 0.517. The van der Waals surface area contributed by atoms with Crippen LogP contribution >= 0.6 is 22.9 Å². The lowest BCUT2D eigenvalue weighted by Crippen LogP contribution is -2.03. The highest BCUT2D eigenvalue weighted by Gasteiger charge is 2.08. The fourth-order valence-electron chi connectivity index (χ4n) is 2.18. The Balaban J connectivity index is 1.79. The first kappa shape index (κ1) is 18.5. The Hall–Kier alpha value is -1.79. The number of carbonyl (C=O) groups is 1. The Morgan fingerprint density at radius 3 is 2.83 bits per heavy atom. The van der Waals surface area contributed by atoms with Crippen LogP contribution in [0.1, 0.15) is 25.7 Å². The molecule has 5 nitrogen and oxygen atoms in total. The number of rotatable bonds is 9. The molecule has 0 spiro atoms. The number of methoxy groups -OCH3 is 2. The molecule has 0 amide bonds. The molecule has 0 bridgehead atoms. The van der Waals surface area contributed by atoms with Gasteiger partial charge in [0.2, 0.25) is 0 Å². The van der Waals surface area contributed by atoms with Crippen LogP contribution in [-0.4, -0.2) is 31.7 Å². The van der Waals surface area contributed by atoms with Gasteiger partial charge >= 0.3 is 5.97 Å². The Morgan fingerprint density at radius 1 is 1.29 bits per heavy atom. The molecule has 2 rings (SSSR count). The van der Waals surface area contributed by atoms with Gasteiger partial charge in [0.25, 0.3) is 0 Å². The molecule has 0 aliphatic rings. The molecule has 0 atom stereocenters. The number of unbranched alkanes of at least 4 members (excludes halogenated alkanes) is 2. The molecular formula is C17H21ClN2O3S. The van der Waals surface area contributed by atoms with Crippen molar-refractivity contribution in [3.63, 3.8) is 0 Å². The number of anilines is 1. The van der Waals surface area contributed by atoms with Crippen LogP contribution < -0.4 is 10.1 Å². The van der Waals surface area contributed by atoms with E-state index in [0.29, 0.717) is 17.2 Å². The van der Waals surface area contributed by atoms with Crippen LogP contribution in [0.15, 0.2) is 23.6 Å². The summed E-state index contributed by atoms with van der Waals surface area (Å²) in [6.45, 7) is 0.831. The van der Waals surface area contributed by atoms with Gasteiger partial charge in [-0.1, -0.05) is 18.0 Å². The van der Waals surface area contributed by atoms with Crippen LogP contribution in [0.2, 0.25) is 5.02 Å².